The summed E-state index contributed by atoms with van der Waals surface area (Å²) in [6, 6.07) is 0. The molecule has 1 aromatic rings. The molecule has 1 aromatic heterocycles. The number of aromatic nitrogens is 2. The predicted octanol–water partition coefficient (Wildman–Crippen LogP) is 2.19. The lowest BCUT2D eigenvalue weighted by atomic mass is 9.89. The number of nitrogens with two attached hydrogens (primary N) is 1. The van der Waals surface area contributed by atoms with Crippen LogP contribution in [-0.4, -0.2) is 30.2 Å². The van der Waals surface area contributed by atoms with Crippen molar-refractivity contribution in [1.82, 2.24) is 9.97 Å². The maximum atomic E-state index is 5.51. The minimum Gasteiger partial charge on any atom is -0.385 e. The first-order valence-electron chi connectivity index (χ1n) is 7.07. The summed E-state index contributed by atoms with van der Waals surface area (Å²) in [7, 11) is 1.73. The summed E-state index contributed by atoms with van der Waals surface area (Å²) in [5.41, 5.74) is 3.82. The van der Waals surface area contributed by atoms with Crippen molar-refractivity contribution in [3.05, 3.63) is 11.9 Å². The van der Waals surface area contributed by atoms with Crippen molar-refractivity contribution in [3.8, 4) is 0 Å². The van der Waals surface area contributed by atoms with Crippen molar-refractivity contribution in [2.24, 2.45) is 11.3 Å². The van der Waals surface area contributed by atoms with Crippen molar-refractivity contribution in [2.45, 2.75) is 40.0 Å². The van der Waals surface area contributed by atoms with Crippen LogP contribution in [0.2, 0.25) is 0 Å². The van der Waals surface area contributed by atoms with E-state index < -0.39 is 0 Å². The number of rotatable bonds is 9. The molecular weight excluding hydrogens is 254 g/mol. The normalized spacial score (nSPS) is 11.4. The van der Waals surface area contributed by atoms with E-state index in [1.807, 2.05) is 0 Å². The number of hydrazine groups is 1. The Kier molecular flexibility index (Phi) is 6.67. The Morgan fingerprint density at radius 1 is 1.30 bits per heavy atom. The first-order chi connectivity index (χ1) is 9.54. The Bertz CT molecular complexity index is 409. The molecule has 0 aliphatic heterocycles. The minimum absolute atomic E-state index is 0.140. The summed E-state index contributed by atoms with van der Waals surface area (Å²) in [4.78, 5) is 8.50. The number of hydrogen-bond acceptors (Lipinski definition) is 6. The van der Waals surface area contributed by atoms with Crippen LogP contribution in [0, 0.1) is 5.41 Å². The first-order valence-corrected chi connectivity index (χ1v) is 7.07. The molecule has 0 aromatic carbocycles. The molecule has 114 valence electrons. The largest absolute Gasteiger partial charge is 0.385 e. The SMILES string of the molecule is CCCc1c(NN)ncnc1NCC(C)(C)CCOC. The molecule has 0 radical (unpaired) electrons. The van der Waals surface area contributed by atoms with Crippen LogP contribution in [0.25, 0.3) is 0 Å². The fourth-order valence-corrected chi connectivity index (χ4v) is 1.97. The second-order valence-electron chi connectivity index (χ2n) is 5.70. The smallest absolute Gasteiger partial charge is 0.148 e. The van der Waals surface area contributed by atoms with Crippen LogP contribution in [0.3, 0.4) is 0 Å². The van der Waals surface area contributed by atoms with Gasteiger partial charge < -0.3 is 15.5 Å². The molecule has 0 aliphatic carbocycles. The van der Waals surface area contributed by atoms with Crippen molar-refractivity contribution >= 4 is 11.6 Å². The van der Waals surface area contributed by atoms with Crippen LogP contribution in [0.15, 0.2) is 6.33 Å². The molecule has 0 amide bonds. The van der Waals surface area contributed by atoms with Gasteiger partial charge >= 0.3 is 0 Å². The molecule has 0 aliphatic rings. The van der Waals surface area contributed by atoms with E-state index >= 15 is 0 Å². The second-order valence-corrected chi connectivity index (χ2v) is 5.70. The number of nitrogens with one attached hydrogen (secondary N) is 2. The Hall–Kier alpha value is -1.40. The molecule has 0 spiro atoms. The van der Waals surface area contributed by atoms with Gasteiger partial charge in [0.15, 0.2) is 0 Å². The van der Waals surface area contributed by atoms with Gasteiger partial charge in [-0.25, -0.2) is 15.8 Å². The second kappa shape index (κ2) is 8.01. The number of nitrogen functional groups attached to an aromatic ring is 1. The van der Waals surface area contributed by atoms with Crippen molar-refractivity contribution in [1.29, 1.82) is 0 Å². The van der Waals surface area contributed by atoms with E-state index in [0.717, 1.165) is 43.8 Å². The third-order valence-electron chi connectivity index (χ3n) is 3.30. The molecule has 1 heterocycles. The number of anilines is 2. The molecule has 0 unspecified atom stereocenters. The standard InChI is InChI=1S/C14H27N5O/c1-5-6-11-12(17-10-18-13(11)19-15)16-9-14(2,3)7-8-20-4/h10H,5-9,15H2,1-4H3,(H2,16,17,18,19). The van der Waals surface area contributed by atoms with Crippen LogP contribution in [-0.2, 0) is 11.2 Å². The minimum atomic E-state index is 0.140. The van der Waals surface area contributed by atoms with Crippen molar-refractivity contribution < 1.29 is 4.74 Å². The topological polar surface area (TPSA) is 85.1 Å². The summed E-state index contributed by atoms with van der Waals surface area (Å²) in [6.45, 7) is 8.13. The maximum Gasteiger partial charge on any atom is 0.148 e. The highest BCUT2D eigenvalue weighted by Crippen LogP contribution is 2.24. The maximum absolute atomic E-state index is 5.51. The van der Waals surface area contributed by atoms with Gasteiger partial charge in [-0.3, -0.25) is 0 Å². The number of methoxy groups -OCH3 is 1. The van der Waals surface area contributed by atoms with Gasteiger partial charge in [0, 0.05) is 25.8 Å². The molecule has 1 rings (SSSR count). The Morgan fingerprint density at radius 3 is 2.60 bits per heavy atom. The summed E-state index contributed by atoms with van der Waals surface area (Å²) in [5, 5.41) is 3.42. The molecule has 6 heteroatoms. The van der Waals surface area contributed by atoms with Gasteiger partial charge in [-0.2, -0.15) is 0 Å². The van der Waals surface area contributed by atoms with E-state index in [9.17, 15) is 0 Å². The molecule has 6 nitrogen and oxygen atoms in total. The fourth-order valence-electron chi connectivity index (χ4n) is 1.97. The summed E-state index contributed by atoms with van der Waals surface area (Å²) in [5.74, 6) is 7.07. The lowest BCUT2D eigenvalue weighted by molar-refractivity contribution is 0.157. The van der Waals surface area contributed by atoms with Gasteiger partial charge in [0.05, 0.1) is 0 Å². The highest BCUT2D eigenvalue weighted by molar-refractivity contribution is 5.56. The highest BCUT2D eigenvalue weighted by Gasteiger charge is 2.19. The van der Waals surface area contributed by atoms with Crippen LogP contribution < -0.4 is 16.6 Å². The summed E-state index contributed by atoms with van der Waals surface area (Å²) in [6.07, 6.45) is 4.43. The third kappa shape index (κ3) is 4.94. The van der Waals surface area contributed by atoms with Crippen molar-refractivity contribution in [3.63, 3.8) is 0 Å². The van der Waals surface area contributed by atoms with Crippen LogP contribution in [0.4, 0.5) is 11.6 Å². The quantitative estimate of drug-likeness (QED) is 0.475. The van der Waals surface area contributed by atoms with E-state index in [0.29, 0.717) is 5.82 Å². The van der Waals surface area contributed by atoms with Gasteiger partial charge in [0.2, 0.25) is 0 Å². The Balaban J connectivity index is 2.76. The molecule has 4 N–H and O–H groups in total. The Morgan fingerprint density at radius 2 is 2.00 bits per heavy atom. The molecule has 0 saturated heterocycles. The van der Waals surface area contributed by atoms with Gasteiger partial charge in [-0.15, -0.1) is 0 Å². The lowest BCUT2D eigenvalue weighted by Crippen LogP contribution is -2.26. The van der Waals surface area contributed by atoms with E-state index in [2.05, 4.69) is 41.5 Å². The van der Waals surface area contributed by atoms with E-state index in [1.165, 1.54) is 6.33 Å². The number of hydrogen-bond donors (Lipinski definition) is 3. The zero-order valence-electron chi connectivity index (χ0n) is 13.0. The van der Waals surface area contributed by atoms with Gasteiger partial charge in [0.25, 0.3) is 0 Å². The highest BCUT2D eigenvalue weighted by atomic mass is 16.5. The third-order valence-corrected chi connectivity index (χ3v) is 3.30. The van der Waals surface area contributed by atoms with Crippen LogP contribution >= 0.6 is 0 Å². The van der Waals surface area contributed by atoms with Gasteiger partial charge in [-0.1, -0.05) is 27.2 Å². The van der Waals surface area contributed by atoms with Gasteiger partial charge in [-0.05, 0) is 18.3 Å². The zero-order valence-corrected chi connectivity index (χ0v) is 13.0. The predicted molar refractivity (Wildman–Crippen MR) is 82.6 cm³/mol. The lowest BCUT2D eigenvalue weighted by Gasteiger charge is -2.25. The molecule has 0 atom stereocenters. The van der Waals surface area contributed by atoms with E-state index in [4.69, 9.17) is 10.6 Å². The van der Waals surface area contributed by atoms with Crippen LogP contribution in [0.1, 0.15) is 39.2 Å². The molecule has 0 fully saturated rings. The number of nitrogens with zero attached hydrogens (tertiary/aromatic N) is 2. The van der Waals surface area contributed by atoms with Crippen LogP contribution in [0.5, 0.6) is 0 Å². The average molecular weight is 281 g/mol. The van der Waals surface area contributed by atoms with Gasteiger partial charge in [0.1, 0.15) is 18.0 Å². The number of ether oxygens (including phenoxy) is 1. The average Bonchev–Trinajstić information content (AvgIpc) is 2.44. The zero-order chi connectivity index (χ0) is 15.0. The summed E-state index contributed by atoms with van der Waals surface area (Å²) < 4.78 is 5.15. The van der Waals surface area contributed by atoms with E-state index in [1.54, 1.807) is 7.11 Å². The molecular formula is C14H27N5O. The van der Waals surface area contributed by atoms with E-state index in [-0.39, 0.29) is 5.41 Å². The molecule has 0 bridgehead atoms. The first kappa shape index (κ1) is 16.7. The monoisotopic (exact) mass is 281 g/mol. The molecule has 20 heavy (non-hydrogen) atoms. The van der Waals surface area contributed by atoms with Crippen molar-refractivity contribution in [2.75, 3.05) is 31.0 Å². The Labute approximate surface area is 121 Å². The fraction of sp³-hybridized carbons (Fsp3) is 0.714. The molecule has 0 saturated carbocycles. The summed E-state index contributed by atoms with van der Waals surface area (Å²) >= 11 is 0.